The van der Waals surface area contributed by atoms with Crippen molar-refractivity contribution in [2.45, 2.75) is 78.7 Å². The SMILES string of the molecule is Cc1cc(C)nc(-n2nc(C)c(CC(=O)NC3CCN(CC4CCCC4)CC3)c2C)n1. The molecular formula is C24H36N6O. The highest BCUT2D eigenvalue weighted by Crippen LogP contribution is 2.26. The number of carbonyl (C=O) groups excluding carboxylic acids is 1. The van der Waals surface area contributed by atoms with Crippen LogP contribution in [0.4, 0.5) is 0 Å². The average Bonchev–Trinajstić information content (AvgIpc) is 3.32. The summed E-state index contributed by atoms with van der Waals surface area (Å²) in [6.07, 6.45) is 8.06. The molecule has 4 rings (SSSR count). The van der Waals surface area contributed by atoms with Crippen LogP contribution in [0.5, 0.6) is 0 Å². The van der Waals surface area contributed by atoms with E-state index in [1.807, 2.05) is 33.8 Å². The zero-order valence-corrected chi connectivity index (χ0v) is 19.4. The monoisotopic (exact) mass is 424 g/mol. The normalized spacial score (nSPS) is 18.6. The third-order valence-corrected chi connectivity index (χ3v) is 6.88. The maximum absolute atomic E-state index is 12.8. The van der Waals surface area contributed by atoms with Gasteiger partial charge in [0.15, 0.2) is 0 Å². The van der Waals surface area contributed by atoms with E-state index in [-0.39, 0.29) is 11.9 Å². The summed E-state index contributed by atoms with van der Waals surface area (Å²) in [6, 6.07) is 2.23. The Morgan fingerprint density at radius 3 is 2.32 bits per heavy atom. The Kier molecular flexibility index (Phi) is 6.70. The highest BCUT2D eigenvalue weighted by atomic mass is 16.1. The molecule has 1 amide bonds. The van der Waals surface area contributed by atoms with Crippen LogP contribution < -0.4 is 5.32 Å². The van der Waals surface area contributed by atoms with Crippen LogP contribution in [0, 0.1) is 33.6 Å². The predicted molar refractivity (Wildman–Crippen MR) is 121 cm³/mol. The van der Waals surface area contributed by atoms with E-state index in [0.29, 0.717) is 12.4 Å². The van der Waals surface area contributed by atoms with Crippen molar-refractivity contribution in [1.29, 1.82) is 0 Å². The fourth-order valence-corrected chi connectivity index (χ4v) is 5.18. The molecule has 1 aliphatic heterocycles. The summed E-state index contributed by atoms with van der Waals surface area (Å²) in [6.45, 7) is 11.3. The second-order valence-electron chi connectivity index (χ2n) is 9.48. The van der Waals surface area contributed by atoms with Gasteiger partial charge >= 0.3 is 0 Å². The fourth-order valence-electron chi connectivity index (χ4n) is 5.18. The van der Waals surface area contributed by atoms with Gasteiger partial charge in [0.1, 0.15) is 0 Å². The van der Waals surface area contributed by atoms with Crippen LogP contribution in [0.15, 0.2) is 6.07 Å². The van der Waals surface area contributed by atoms with Crippen LogP contribution in [0.3, 0.4) is 0 Å². The zero-order valence-electron chi connectivity index (χ0n) is 19.4. The molecule has 0 radical (unpaired) electrons. The van der Waals surface area contributed by atoms with E-state index in [0.717, 1.165) is 60.2 Å². The Morgan fingerprint density at radius 2 is 1.68 bits per heavy atom. The number of rotatable bonds is 6. The summed E-state index contributed by atoms with van der Waals surface area (Å²) in [5, 5.41) is 7.90. The quantitative estimate of drug-likeness (QED) is 0.771. The van der Waals surface area contributed by atoms with Gasteiger partial charge in [-0.05, 0) is 65.4 Å². The van der Waals surface area contributed by atoms with Crippen molar-refractivity contribution in [2.75, 3.05) is 19.6 Å². The lowest BCUT2D eigenvalue weighted by Gasteiger charge is -2.33. The molecule has 2 aliphatic rings. The Hall–Kier alpha value is -2.28. The smallest absolute Gasteiger partial charge is 0.251 e. The summed E-state index contributed by atoms with van der Waals surface area (Å²) >= 11 is 0. The number of aryl methyl sites for hydroxylation is 3. The van der Waals surface area contributed by atoms with Crippen molar-refractivity contribution in [1.82, 2.24) is 30.0 Å². The number of likely N-dealkylation sites (tertiary alicyclic amines) is 1. The van der Waals surface area contributed by atoms with Crippen LogP contribution in [-0.2, 0) is 11.2 Å². The minimum Gasteiger partial charge on any atom is -0.353 e. The third-order valence-electron chi connectivity index (χ3n) is 6.88. The van der Waals surface area contributed by atoms with Gasteiger partial charge in [-0.25, -0.2) is 14.6 Å². The Balaban J connectivity index is 1.33. The number of nitrogens with zero attached hydrogens (tertiary/aromatic N) is 5. The van der Waals surface area contributed by atoms with Crippen molar-refractivity contribution in [3.8, 4) is 5.95 Å². The van der Waals surface area contributed by atoms with Gasteiger partial charge in [0.2, 0.25) is 5.91 Å². The van der Waals surface area contributed by atoms with Crippen LogP contribution in [0.25, 0.3) is 5.95 Å². The fraction of sp³-hybridized carbons (Fsp3) is 0.667. The van der Waals surface area contributed by atoms with E-state index in [2.05, 4.69) is 25.3 Å². The molecule has 2 fully saturated rings. The maximum Gasteiger partial charge on any atom is 0.251 e. The number of amides is 1. The van der Waals surface area contributed by atoms with Crippen LogP contribution in [-0.4, -0.2) is 56.2 Å². The first-order chi connectivity index (χ1) is 14.9. The van der Waals surface area contributed by atoms with Crippen molar-refractivity contribution in [2.24, 2.45) is 5.92 Å². The van der Waals surface area contributed by atoms with Gasteiger partial charge in [0.05, 0.1) is 12.1 Å². The molecule has 2 aromatic heterocycles. The Bertz CT molecular complexity index is 902. The predicted octanol–water partition coefficient (Wildman–Crippen LogP) is 3.21. The summed E-state index contributed by atoms with van der Waals surface area (Å²) in [5.74, 6) is 1.55. The molecule has 7 nitrogen and oxygen atoms in total. The second-order valence-corrected chi connectivity index (χ2v) is 9.48. The second kappa shape index (κ2) is 9.47. The average molecular weight is 425 g/mol. The Labute approximate surface area is 185 Å². The first-order valence-electron chi connectivity index (χ1n) is 11.8. The standard InChI is InChI=1S/C24H36N6O/c1-16-13-17(2)26-24(25-16)30-19(4)22(18(3)28-30)14-23(31)27-21-9-11-29(12-10-21)15-20-7-5-6-8-20/h13,20-21H,5-12,14-15H2,1-4H3,(H,27,31). The van der Waals surface area contributed by atoms with E-state index in [1.54, 1.807) is 4.68 Å². The lowest BCUT2D eigenvalue weighted by atomic mass is 10.0. The number of carbonyl (C=O) groups is 1. The van der Waals surface area contributed by atoms with Gasteiger partial charge in [-0.2, -0.15) is 5.10 Å². The van der Waals surface area contributed by atoms with Crippen molar-refractivity contribution in [3.63, 3.8) is 0 Å². The van der Waals surface area contributed by atoms with Crippen molar-refractivity contribution in [3.05, 3.63) is 34.4 Å². The van der Waals surface area contributed by atoms with Gasteiger partial charge in [-0.15, -0.1) is 0 Å². The zero-order chi connectivity index (χ0) is 22.0. The molecule has 0 aromatic carbocycles. The summed E-state index contributed by atoms with van der Waals surface area (Å²) < 4.78 is 1.76. The molecule has 1 N–H and O–H groups in total. The van der Waals surface area contributed by atoms with Gasteiger partial charge < -0.3 is 10.2 Å². The van der Waals surface area contributed by atoms with Crippen LogP contribution in [0.2, 0.25) is 0 Å². The molecule has 1 saturated heterocycles. The minimum atomic E-state index is 0.0846. The van der Waals surface area contributed by atoms with Crippen molar-refractivity contribution < 1.29 is 4.79 Å². The van der Waals surface area contributed by atoms with Gasteiger partial charge in [-0.3, -0.25) is 4.79 Å². The molecule has 0 spiro atoms. The summed E-state index contributed by atoms with van der Waals surface area (Å²) in [5.41, 5.74) is 4.59. The van der Waals surface area contributed by atoms with Crippen LogP contribution in [0.1, 0.15) is 66.9 Å². The highest BCUT2D eigenvalue weighted by Gasteiger charge is 2.25. The van der Waals surface area contributed by atoms with E-state index >= 15 is 0 Å². The van der Waals surface area contributed by atoms with Crippen molar-refractivity contribution >= 4 is 5.91 Å². The van der Waals surface area contributed by atoms with E-state index in [4.69, 9.17) is 0 Å². The largest absolute Gasteiger partial charge is 0.353 e. The minimum absolute atomic E-state index is 0.0846. The maximum atomic E-state index is 12.8. The molecular weight excluding hydrogens is 388 g/mol. The van der Waals surface area contributed by atoms with Gasteiger partial charge in [-0.1, -0.05) is 12.8 Å². The molecule has 31 heavy (non-hydrogen) atoms. The topological polar surface area (TPSA) is 75.9 Å². The molecule has 7 heteroatoms. The molecule has 2 aromatic rings. The molecule has 1 saturated carbocycles. The highest BCUT2D eigenvalue weighted by molar-refractivity contribution is 5.79. The molecule has 168 valence electrons. The molecule has 3 heterocycles. The van der Waals surface area contributed by atoms with Gasteiger partial charge in [0.25, 0.3) is 5.95 Å². The van der Waals surface area contributed by atoms with E-state index in [1.165, 1.54) is 32.2 Å². The number of aromatic nitrogens is 4. The van der Waals surface area contributed by atoms with E-state index < -0.39 is 0 Å². The number of piperidine rings is 1. The lowest BCUT2D eigenvalue weighted by Crippen LogP contribution is -2.46. The van der Waals surface area contributed by atoms with Gasteiger partial charge in [0, 0.05) is 48.3 Å². The van der Waals surface area contributed by atoms with Crippen LogP contribution >= 0.6 is 0 Å². The molecule has 0 atom stereocenters. The number of hydrogen-bond donors (Lipinski definition) is 1. The first-order valence-corrected chi connectivity index (χ1v) is 11.8. The summed E-state index contributed by atoms with van der Waals surface area (Å²) in [7, 11) is 0. The van der Waals surface area contributed by atoms with E-state index in [9.17, 15) is 4.79 Å². The first kappa shape index (κ1) is 21.9. The number of hydrogen-bond acceptors (Lipinski definition) is 5. The Morgan fingerprint density at radius 1 is 1.03 bits per heavy atom. The number of nitrogens with one attached hydrogen (secondary N) is 1. The lowest BCUT2D eigenvalue weighted by molar-refractivity contribution is -0.121. The molecule has 1 aliphatic carbocycles. The third kappa shape index (κ3) is 5.32. The molecule has 0 bridgehead atoms. The molecule has 0 unspecified atom stereocenters. The summed E-state index contributed by atoms with van der Waals surface area (Å²) in [4.78, 5) is 24.4.